The molecule has 0 fully saturated rings. The van der Waals surface area contributed by atoms with Crippen molar-refractivity contribution in [2.45, 2.75) is 66.2 Å². The molecule has 2 N–H and O–H groups in total. The number of ether oxygens (including phenoxy) is 2. The average Bonchev–Trinajstić information content (AvgIpc) is 3.09. The topological polar surface area (TPSA) is 116 Å². The van der Waals surface area contributed by atoms with Crippen molar-refractivity contribution in [2.24, 2.45) is 0 Å². The molecule has 3 aromatic rings. The SMILES string of the molecule is Cc1ccc([C@H](C)Nc2cncc(Nc3cc(OC(C)C)n(C(=O)OC(C)(C)C)n3)n2)nc1. The fourth-order valence-electron chi connectivity index (χ4n) is 2.84. The van der Waals surface area contributed by atoms with E-state index in [1.54, 1.807) is 39.2 Å². The van der Waals surface area contributed by atoms with Crippen molar-refractivity contribution in [1.29, 1.82) is 0 Å². The van der Waals surface area contributed by atoms with Crippen molar-refractivity contribution in [1.82, 2.24) is 24.7 Å². The summed E-state index contributed by atoms with van der Waals surface area (Å²) in [6.07, 6.45) is 4.24. The molecular weight excluding hydrogens is 422 g/mol. The highest BCUT2D eigenvalue weighted by Gasteiger charge is 2.23. The molecule has 3 heterocycles. The highest BCUT2D eigenvalue weighted by molar-refractivity contribution is 5.73. The van der Waals surface area contributed by atoms with Gasteiger partial charge in [0.2, 0.25) is 5.88 Å². The highest BCUT2D eigenvalue weighted by atomic mass is 16.6. The molecule has 0 saturated carbocycles. The van der Waals surface area contributed by atoms with Crippen molar-refractivity contribution < 1.29 is 14.3 Å². The van der Waals surface area contributed by atoms with Crippen LogP contribution in [-0.4, -0.2) is 42.5 Å². The van der Waals surface area contributed by atoms with E-state index in [1.807, 2.05) is 46.0 Å². The maximum atomic E-state index is 12.6. The summed E-state index contributed by atoms with van der Waals surface area (Å²) >= 11 is 0. The fraction of sp³-hybridized carbons (Fsp3) is 0.435. The van der Waals surface area contributed by atoms with Gasteiger partial charge in [-0.15, -0.1) is 9.78 Å². The summed E-state index contributed by atoms with van der Waals surface area (Å²) in [6.45, 7) is 13.1. The minimum absolute atomic E-state index is 0.0624. The zero-order chi connectivity index (χ0) is 24.2. The Morgan fingerprint density at radius 1 is 1.06 bits per heavy atom. The Labute approximate surface area is 193 Å². The van der Waals surface area contributed by atoms with Gasteiger partial charge < -0.3 is 20.1 Å². The molecule has 0 unspecified atom stereocenters. The molecule has 3 rings (SSSR count). The molecule has 10 heteroatoms. The van der Waals surface area contributed by atoms with Crippen LogP contribution in [-0.2, 0) is 4.74 Å². The van der Waals surface area contributed by atoms with Crippen LogP contribution >= 0.6 is 0 Å². The third-order valence-corrected chi connectivity index (χ3v) is 4.23. The number of nitrogens with zero attached hydrogens (tertiary/aromatic N) is 5. The molecule has 176 valence electrons. The van der Waals surface area contributed by atoms with Crippen LogP contribution in [0, 0.1) is 6.92 Å². The Morgan fingerprint density at radius 2 is 1.79 bits per heavy atom. The standard InChI is InChI=1S/C23H31N7O3/c1-14(2)32-21-10-18(29-30(21)22(31)33-23(5,6)7)27-20-13-24-12-19(28-20)26-16(4)17-9-8-15(3)11-25-17/h8-14,16H,1-7H3,(H2,26,27,28,29)/t16-/m0/s1. The van der Waals surface area contributed by atoms with E-state index in [9.17, 15) is 4.79 Å². The minimum atomic E-state index is -0.666. The van der Waals surface area contributed by atoms with Gasteiger partial charge in [0.05, 0.1) is 30.2 Å². The molecule has 0 bridgehead atoms. The molecule has 0 radical (unpaired) electrons. The van der Waals surface area contributed by atoms with Gasteiger partial charge in [0.15, 0.2) is 11.6 Å². The van der Waals surface area contributed by atoms with Crippen molar-refractivity contribution in [3.05, 3.63) is 48.0 Å². The number of carbonyl (C=O) groups is 1. The second-order valence-corrected chi connectivity index (χ2v) is 8.97. The Hall–Kier alpha value is -3.69. The summed E-state index contributed by atoms with van der Waals surface area (Å²) in [5.74, 6) is 1.66. The molecule has 0 spiro atoms. The lowest BCUT2D eigenvalue weighted by Gasteiger charge is -2.19. The van der Waals surface area contributed by atoms with Crippen molar-refractivity contribution in [3.8, 4) is 5.88 Å². The quantitative estimate of drug-likeness (QED) is 0.517. The van der Waals surface area contributed by atoms with Gasteiger partial charge in [0.1, 0.15) is 11.4 Å². The van der Waals surface area contributed by atoms with Crippen LogP contribution in [0.15, 0.2) is 36.8 Å². The van der Waals surface area contributed by atoms with Gasteiger partial charge in [-0.1, -0.05) is 6.07 Å². The van der Waals surface area contributed by atoms with Crippen LogP contribution in [0.2, 0.25) is 0 Å². The van der Waals surface area contributed by atoms with Crippen LogP contribution in [0.1, 0.15) is 58.8 Å². The molecule has 33 heavy (non-hydrogen) atoms. The summed E-state index contributed by atoms with van der Waals surface area (Å²) < 4.78 is 12.3. The van der Waals surface area contributed by atoms with Crippen LogP contribution in [0.4, 0.5) is 22.2 Å². The predicted octanol–water partition coefficient (Wildman–Crippen LogP) is 4.86. The van der Waals surface area contributed by atoms with Gasteiger partial charge in [0, 0.05) is 12.3 Å². The monoisotopic (exact) mass is 453 g/mol. The first-order valence-corrected chi connectivity index (χ1v) is 10.8. The van der Waals surface area contributed by atoms with E-state index < -0.39 is 11.7 Å². The van der Waals surface area contributed by atoms with E-state index in [-0.39, 0.29) is 18.0 Å². The smallest absolute Gasteiger partial charge is 0.438 e. The molecule has 1 atom stereocenters. The third-order valence-electron chi connectivity index (χ3n) is 4.23. The fourth-order valence-corrected chi connectivity index (χ4v) is 2.84. The molecule has 0 saturated heterocycles. The van der Waals surface area contributed by atoms with E-state index in [0.29, 0.717) is 17.5 Å². The maximum Gasteiger partial charge on any atom is 0.438 e. The number of anilines is 3. The van der Waals surface area contributed by atoms with E-state index >= 15 is 0 Å². The lowest BCUT2D eigenvalue weighted by molar-refractivity contribution is 0.0490. The summed E-state index contributed by atoms with van der Waals surface area (Å²) in [6, 6.07) is 5.54. The van der Waals surface area contributed by atoms with E-state index in [0.717, 1.165) is 15.9 Å². The first-order valence-electron chi connectivity index (χ1n) is 10.8. The van der Waals surface area contributed by atoms with E-state index in [1.165, 1.54) is 0 Å². The Kier molecular flexibility index (Phi) is 7.15. The minimum Gasteiger partial charge on any atom is -0.475 e. The van der Waals surface area contributed by atoms with Gasteiger partial charge in [-0.05, 0) is 60.1 Å². The molecule has 0 aliphatic heterocycles. The molecule has 10 nitrogen and oxygen atoms in total. The van der Waals surface area contributed by atoms with Crippen LogP contribution < -0.4 is 15.4 Å². The first kappa shape index (κ1) is 24.0. The van der Waals surface area contributed by atoms with Crippen LogP contribution in [0.3, 0.4) is 0 Å². The Bertz CT molecular complexity index is 1090. The molecule has 0 aliphatic rings. The predicted molar refractivity (Wildman–Crippen MR) is 126 cm³/mol. The highest BCUT2D eigenvalue weighted by Crippen LogP contribution is 2.24. The van der Waals surface area contributed by atoms with Crippen LogP contribution in [0.5, 0.6) is 5.88 Å². The first-order chi connectivity index (χ1) is 15.5. The number of hydrogen-bond donors (Lipinski definition) is 2. The second kappa shape index (κ2) is 9.85. The van der Waals surface area contributed by atoms with Gasteiger partial charge in [0.25, 0.3) is 0 Å². The van der Waals surface area contributed by atoms with Crippen LogP contribution in [0.25, 0.3) is 0 Å². The van der Waals surface area contributed by atoms with E-state index in [4.69, 9.17) is 9.47 Å². The number of aryl methyl sites for hydroxylation is 1. The molecule has 3 aromatic heterocycles. The number of carbonyl (C=O) groups excluding carboxylic acids is 1. The van der Waals surface area contributed by atoms with Gasteiger partial charge in [-0.25, -0.2) is 9.78 Å². The number of nitrogens with one attached hydrogen (secondary N) is 2. The largest absolute Gasteiger partial charge is 0.475 e. The Morgan fingerprint density at radius 3 is 2.42 bits per heavy atom. The zero-order valence-corrected chi connectivity index (χ0v) is 20.1. The van der Waals surface area contributed by atoms with Gasteiger partial charge in [-0.2, -0.15) is 0 Å². The summed E-state index contributed by atoms with van der Waals surface area (Å²) in [5.41, 5.74) is 1.33. The number of aromatic nitrogens is 5. The van der Waals surface area contributed by atoms with Gasteiger partial charge >= 0.3 is 6.09 Å². The third kappa shape index (κ3) is 6.90. The normalized spacial score (nSPS) is 12.4. The Balaban J connectivity index is 1.77. The number of hydrogen-bond acceptors (Lipinski definition) is 9. The number of pyridine rings is 1. The van der Waals surface area contributed by atoms with E-state index in [2.05, 4.69) is 30.7 Å². The molecule has 0 aromatic carbocycles. The van der Waals surface area contributed by atoms with Gasteiger partial charge in [-0.3, -0.25) is 9.97 Å². The summed E-state index contributed by atoms with van der Waals surface area (Å²) in [7, 11) is 0. The zero-order valence-electron chi connectivity index (χ0n) is 20.1. The summed E-state index contributed by atoms with van der Waals surface area (Å²) in [4.78, 5) is 25.8. The van der Waals surface area contributed by atoms with Crippen molar-refractivity contribution in [3.63, 3.8) is 0 Å². The number of rotatable bonds is 7. The average molecular weight is 454 g/mol. The maximum absolute atomic E-state index is 12.6. The molecule has 0 amide bonds. The van der Waals surface area contributed by atoms with Crippen molar-refractivity contribution in [2.75, 3.05) is 10.6 Å². The second-order valence-electron chi connectivity index (χ2n) is 8.97. The molecular formula is C23H31N7O3. The van der Waals surface area contributed by atoms with Crippen molar-refractivity contribution >= 4 is 23.5 Å². The molecule has 0 aliphatic carbocycles. The lowest BCUT2D eigenvalue weighted by Crippen LogP contribution is -2.28. The summed E-state index contributed by atoms with van der Waals surface area (Å²) in [5, 5.41) is 10.7. The lowest BCUT2D eigenvalue weighted by atomic mass is 10.2.